The molecule has 0 radical (unpaired) electrons. The van der Waals surface area contributed by atoms with Crippen molar-refractivity contribution in [3.63, 3.8) is 0 Å². The van der Waals surface area contributed by atoms with Crippen molar-refractivity contribution in [3.05, 3.63) is 27.9 Å². The molecule has 0 spiro atoms. The van der Waals surface area contributed by atoms with Crippen LogP contribution in [0.15, 0.2) is 12.1 Å². The third-order valence-electron chi connectivity index (χ3n) is 2.96. The fourth-order valence-corrected chi connectivity index (χ4v) is 1.85. The molecule has 1 heterocycles. The van der Waals surface area contributed by atoms with Crippen LogP contribution in [0.4, 0.5) is 11.5 Å². The summed E-state index contributed by atoms with van der Waals surface area (Å²) >= 11 is 0. The normalized spacial score (nSPS) is 10.2. The zero-order chi connectivity index (χ0) is 15.1. The molecule has 1 aromatic heterocycles. The molecule has 110 valence electrons. The Morgan fingerprint density at radius 1 is 1.40 bits per heavy atom. The standard InChI is InChI=1S/C13H20N4O3/c1-4-16(5-2)12(18)8-9-14-13-11(17(19)20)7-6-10(3)15-13/h6-7H,4-5,8-9H2,1-3H3,(H,14,15). The number of nitrogens with zero attached hydrogens (tertiary/aromatic N) is 3. The van der Waals surface area contributed by atoms with E-state index >= 15 is 0 Å². The van der Waals surface area contributed by atoms with E-state index in [-0.39, 0.29) is 23.8 Å². The Hall–Kier alpha value is -2.18. The third-order valence-corrected chi connectivity index (χ3v) is 2.96. The lowest BCUT2D eigenvalue weighted by molar-refractivity contribution is -0.384. The van der Waals surface area contributed by atoms with Gasteiger partial charge in [-0.05, 0) is 26.8 Å². The maximum absolute atomic E-state index is 11.8. The van der Waals surface area contributed by atoms with Crippen LogP contribution in [0.25, 0.3) is 0 Å². The van der Waals surface area contributed by atoms with Gasteiger partial charge in [0.05, 0.1) is 4.92 Å². The Morgan fingerprint density at radius 2 is 2.05 bits per heavy atom. The van der Waals surface area contributed by atoms with Crippen molar-refractivity contribution < 1.29 is 9.72 Å². The number of rotatable bonds is 7. The molecule has 0 saturated heterocycles. The van der Waals surface area contributed by atoms with Gasteiger partial charge in [-0.25, -0.2) is 4.98 Å². The summed E-state index contributed by atoms with van der Waals surface area (Å²) in [7, 11) is 0. The van der Waals surface area contributed by atoms with E-state index in [0.717, 1.165) is 0 Å². The maximum Gasteiger partial charge on any atom is 0.311 e. The van der Waals surface area contributed by atoms with Gasteiger partial charge >= 0.3 is 5.69 Å². The van der Waals surface area contributed by atoms with Gasteiger partial charge in [-0.2, -0.15) is 0 Å². The van der Waals surface area contributed by atoms with Gasteiger partial charge in [0.2, 0.25) is 11.7 Å². The summed E-state index contributed by atoms with van der Waals surface area (Å²) < 4.78 is 0. The first-order valence-electron chi connectivity index (χ1n) is 6.63. The molecule has 0 atom stereocenters. The summed E-state index contributed by atoms with van der Waals surface area (Å²) in [5.74, 6) is 0.236. The molecule has 7 heteroatoms. The number of hydrogen-bond acceptors (Lipinski definition) is 5. The first-order chi connectivity index (χ1) is 9.49. The van der Waals surface area contributed by atoms with Gasteiger partial charge < -0.3 is 10.2 Å². The minimum atomic E-state index is -0.485. The zero-order valence-corrected chi connectivity index (χ0v) is 12.0. The van der Waals surface area contributed by atoms with Gasteiger partial charge in [-0.3, -0.25) is 14.9 Å². The highest BCUT2D eigenvalue weighted by atomic mass is 16.6. The van der Waals surface area contributed by atoms with Crippen LogP contribution in [-0.2, 0) is 4.79 Å². The Morgan fingerprint density at radius 3 is 2.60 bits per heavy atom. The number of nitrogens with one attached hydrogen (secondary N) is 1. The molecule has 0 aromatic carbocycles. The first-order valence-corrected chi connectivity index (χ1v) is 6.63. The van der Waals surface area contributed by atoms with Crippen LogP contribution in [0.1, 0.15) is 26.0 Å². The number of anilines is 1. The van der Waals surface area contributed by atoms with Gasteiger partial charge in [0.15, 0.2) is 0 Å². The molecule has 0 bridgehead atoms. The van der Waals surface area contributed by atoms with Crippen molar-refractivity contribution in [1.82, 2.24) is 9.88 Å². The lowest BCUT2D eigenvalue weighted by atomic mass is 10.3. The van der Waals surface area contributed by atoms with E-state index in [0.29, 0.717) is 25.3 Å². The monoisotopic (exact) mass is 280 g/mol. The summed E-state index contributed by atoms with van der Waals surface area (Å²) in [4.78, 5) is 28.0. The fraction of sp³-hybridized carbons (Fsp3) is 0.538. The van der Waals surface area contributed by atoms with Gasteiger partial charge in [0, 0.05) is 37.8 Å². The van der Waals surface area contributed by atoms with Gasteiger partial charge in [0.25, 0.3) is 0 Å². The lowest BCUT2D eigenvalue weighted by Gasteiger charge is -2.18. The molecule has 20 heavy (non-hydrogen) atoms. The summed E-state index contributed by atoms with van der Waals surface area (Å²) in [6, 6.07) is 3.00. The van der Waals surface area contributed by atoms with Crippen LogP contribution in [0.2, 0.25) is 0 Å². The van der Waals surface area contributed by atoms with Crippen molar-refractivity contribution in [1.29, 1.82) is 0 Å². The molecule has 0 saturated carbocycles. The van der Waals surface area contributed by atoms with Gasteiger partial charge in [-0.1, -0.05) is 0 Å². The minimum absolute atomic E-state index is 0.0257. The number of aryl methyl sites for hydroxylation is 1. The van der Waals surface area contributed by atoms with Gasteiger partial charge in [0.1, 0.15) is 0 Å². The molecule has 1 amide bonds. The second-order valence-corrected chi connectivity index (χ2v) is 4.32. The number of nitro groups is 1. The van der Waals surface area contributed by atoms with Crippen LogP contribution in [0.5, 0.6) is 0 Å². The third kappa shape index (κ3) is 4.18. The quantitative estimate of drug-likeness (QED) is 0.609. The van der Waals surface area contributed by atoms with Crippen molar-refractivity contribution in [2.75, 3.05) is 25.0 Å². The molecule has 7 nitrogen and oxygen atoms in total. The Kier molecular flexibility index (Phi) is 5.89. The van der Waals surface area contributed by atoms with E-state index in [1.165, 1.54) is 6.07 Å². The molecular formula is C13H20N4O3. The van der Waals surface area contributed by atoms with Crippen molar-refractivity contribution in [2.24, 2.45) is 0 Å². The number of hydrogen-bond donors (Lipinski definition) is 1. The highest BCUT2D eigenvalue weighted by Gasteiger charge is 2.15. The number of carbonyl (C=O) groups is 1. The molecule has 0 unspecified atom stereocenters. The fourth-order valence-electron chi connectivity index (χ4n) is 1.85. The Balaban J connectivity index is 2.64. The van der Waals surface area contributed by atoms with E-state index in [9.17, 15) is 14.9 Å². The summed E-state index contributed by atoms with van der Waals surface area (Å²) in [6.07, 6.45) is 0.286. The smallest absolute Gasteiger partial charge is 0.311 e. The largest absolute Gasteiger partial charge is 0.364 e. The molecule has 1 N–H and O–H groups in total. The number of amides is 1. The van der Waals surface area contributed by atoms with Gasteiger partial charge in [-0.15, -0.1) is 0 Å². The van der Waals surface area contributed by atoms with Crippen molar-refractivity contribution >= 4 is 17.4 Å². The van der Waals surface area contributed by atoms with E-state index in [1.54, 1.807) is 17.9 Å². The topological polar surface area (TPSA) is 88.4 Å². The number of carbonyl (C=O) groups excluding carboxylic acids is 1. The predicted molar refractivity (Wildman–Crippen MR) is 76.7 cm³/mol. The van der Waals surface area contributed by atoms with Crippen LogP contribution in [0.3, 0.4) is 0 Å². The zero-order valence-electron chi connectivity index (χ0n) is 12.0. The van der Waals surface area contributed by atoms with E-state index in [2.05, 4.69) is 10.3 Å². The van der Waals surface area contributed by atoms with Crippen LogP contribution in [0, 0.1) is 17.0 Å². The molecule has 0 aliphatic heterocycles. The summed E-state index contributed by atoms with van der Waals surface area (Å²) in [5.41, 5.74) is 0.610. The molecule has 1 rings (SSSR count). The average molecular weight is 280 g/mol. The van der Waals surface area contributed by atoms with E-state index in [4.69, 9.17) is 0 Å². The Labute approximate surface area is 118 Å². The average Bonchev–Trinajstić information content (AvgIpc) is 2.39. The van der Waals surface area contributed by atoms with Crippen LogP contribution >= 0.6 is 0 Å². The summed E-state index contributed by atoms with van der Waals surface area (Å²) in [6.45, 7) is 7.25. The van der Waals surface area contributed by atoms with Crippen molar-refractivity contribution in [3.8, 4) is 0 Å². The maximum atomic E-state index is 11.8. The molecule has 0 fully saturated rings. The molecule has 1 aromatic rings. The second-order valence-electron chi connectivity index (χ2n) is 4.32. The SMILES string of the molecule is CCN(CC)C(=O)CCNc1nc(C)ccc1[N+](=O)[O-]. The molecule has 0 aliphatic rings. The molecular weight excluding hydrogens is 260 g/mol. The van der Waals surface area contributed by atoms with E-state index in [1.807, 2.05) is 13.8 Å². The second kappa shape index (κ2) is 7.42. The van der Waals surface area contributed by atoms with Crippen LogP contribution < -0.4 is 5.32 Å². The molecule has 0 aliphatic carbocycles. The highest BCUT2D eigenvalue weighted by molar-refractivity contribution is 5.76. The number of aromatic nitrogens is 1. The van der Waals surface area contributed by atoms with E-state index < -0.39 is 4.92 Å². The van der Waals surface area contributed by atoms with Crippen molar-refractivity contribution in [2.45, 2.75) is 27.2 Å². The number of pyridine rings is 1. The summed E-state index contributed by atoms with van der Waals surface area (Å²) in [5, 5.41) is 13.8. The van der Waals surface area contributed by atoms with Crippen LogP contribution in [-0.4, -0.2) is 40.3 Å². The highest BCUT2D eigenvalue weighted by Crippen LogP contribution is 2.21. The Bertz CT molecular complexity index is 487. The minimum Gasteiger partial charge on any atom is -0.364 e. The predicted octanol–water partition coefficient (Wildman–Crippen LogP) is 1.97. The first kappa shape index (κ1) is 15.9. The lowest BCUT2D eigenvalue weighted by Crippen LogP contribution is -2.31.